The number of para-hydroxylation sites is 3. The summed E-state index contributed by atoms with van der Waals surface area (Å²) in [5, 5.41) is 2.53. The number of hydrogen-bond acceptors (Lipinski definition) is 2. The largest absolute Gasteiger partial charge is 0.311 e. The summed E-state index contributed by atoms with van der Waals surface area (Å²) in [5.74, 6) is 0. The summed E-state index contributed by atoms with van der Waals surface area (Å²) < 4.78 is 2.46. The van der Waals surface area contributed by atoms with Crippen molar-refractivity contribution in [2.75, 3.05) is 9.80 Å². The van der Waals surface area contributed by atoms with Crippen LogP contribution in [0.3, 0.4) is 0 Å². The van der Waals surface area contributed by atoms with Crippen LogP contribution in [0.1, 0.15) is 58.2 Å². The normalized spacial score (nSPS) is 13.4. The smallest absolute Gasteiger partial charge is 0.252 e. The first-order valence-corrected chi connectivity index (χ1v) is 21.7. The Morgan fingerprint density at radius 1 is 0.410 bits per heavy atom. The molecule has 9 aromatic rings. The second-order valence-electron chi connectivity index (χ2n) is 19.1. The van der Waals surface area contributed by atoms with Gasteiger partial charge in [0.05, 0.1) is 16.7 Å². The number of nitrogens with zero attached hydrogens (tertiary/aromatic N) is 3. The third-order valence-corrected chi connectivity index (χ3v) is 13.1. The summed E-state index contributed by atoms with van der Waals surface area (Å²) >= 11 is 0. The van der Waals surface area contributed by atoms with Crippen molar-refractivity contribution in [1.29, 1.82) is 0 Å². The molecule has 0 atom stereocenters. The number of fused-ring (bicyclic) bond motifs is 7. The van der Waals surface area contributed by atoms with Gasteiger partial charge in [0.2, 0.25) is 0 Å². The van der Waals surface area contributed by atoms with Gasteiger partial charge in [0, 0.05) is 50.5 Å². The Morgan fingerprint density at radius 3 is 1.66 bits per heavy atom. The first kappa shape index (κ1) is 37.2. The Labute approximate surface area is 360 Å². The Balaban J connectivity index is 1.23. The molecule has 11 rings (SSSR count). The van der Waals surface area contributed by atoms with Gasteiger partial charge in [-0.05, 0) is 117 Å². The summed E-state index contributed by atoms with van der Waals surface area (Å²) in [7, 11) is 0. The fourth-order valence-electron chi connectivity index (χ4n) is 10.1. The predicted molar refractivity (Wildman–Crippen MR) is 262 cm³/mol. The van der Waals surface area contributed by atoms with Crippen molar-refractivity contribution in [3.63, 3.8) is 0 Å². The van der Waals surface area contributed by atoms with Crippen molar-refractivity contribution in [3.8, 4) is 16.8 Å². The van der Waals surface area contributed by atoms with Crippen molar-refractivity contribution in [2.24, 2.45) is 0 Å². The summed E-state index contributed by atoms with van der Waals surface area (Å²) in [6.07, 6.45) is 0. The minimum absolute atomic E-state index is 0.00957. The van der Waals surface area contributed by atoms with E-state index < -0.39 is 0 Å². The maximum Gasteiger partial charge on any atom is 0.252 e. The lowest BCUT2D eigenvalue weighted by Gasteiger charge is -2.45. The quantitative estimate of drug-likeness (QED) is 0.165. The first-order chi connectivity index (χ1) is 29.5. The number of benzene rings is 8. The molecule has 0 aliphatic carbocycles. The van der Waals surface area contributed by atoms with Crippen molar-refractivity contribution >= 4 is 79.0 Å². The summed E-state index contributed by atoms with van der Waals surface area (Å²) in [5.41, 5.74) is 21.1. The maximum absolute atomic E-state index is 2.56. The number of aryl methyl sites for hydroxylation is 1. The Morgan fingerprint density at radius 2 is 0.984 bits per heavy atom. The predicted octanol–water partition coefficient (Wildman–Crippen LogP) is 13.4. The van der Waals surface area contributed by atoms with E-state index in [0.29, 0.717) is 0 Å². The van der Waals surface area contributed by atoms with Gasteiger partial charge in [0.1, 0.15) is 0 Å². The van der Waals surface area contributed by atoms with E-state index in [4.69, 9.17) is 0 Å². The monoisotopic (exact) mass is 787 g/mol. The lowest BCUT2D eigenvalue weighted by atomic mass is 9.33. The molecular weight excluding hydrogens is 737 g/mol. The van der Waals surface area contributed by atoms with E-state index in [1.54, 1.807) is 0 Å². The lowest BCUT2D eigenvalue weighted by Crippen LogP contribution is -2.61. The molecule has 0 saturated carbocycles. The zero-order valence-electron chi connectivity index (χ0n) is 36.2. The van der Waals surface area contributed by atoms with E-state index in [2.05, 4.69) is 239 Å². The first-order valence-electron chi connectivity index (χ1n) is 21.7. The van der Waals surface area contributed by atoms with Crippen molar-refractivity contribution < 1.29 is 0 Å². The average Bonchev–Trinajstić information content (AvgIpc) is 3.60. The third kappa shape index (κ3) is 5.87. The Hall–Kier alpha value is -6.78. The molecule has 0 radical (unpaired) electrons. The van der Waals surface area contributed by atoms with Crippen LogP contribution >= 0.6 is 0 Å². The van der Waals surface area contributed by atoms with Gasteiger partial charge in [-0.15, -0.1) is 0 Å². The SMILES string of the molecule is Cc1cc2c3c(c1)N(c1ccccc1-c1ccccc1)c1ccc(C(C)(C)C)cc1B3c1ccc(-n3c4ccccc4c4ccccc43)cc1N2c1ccc(C(C)(C)C)cc1. The van der Waals surface area contributed by atoms with Crippen LogP contribution in [0.15, 0.2) is 176 Å². The number of hydrogen-bond donors (Lipinski definition) is 0. The highest BCUT2D eigenvalue weighted by atomic mass is 15.2. The number of anilines is 6. The van der Waals surface area contributed by atoms with E-state index in [9.17, 15) is 0 Å². The second-order valence-corrected chi connectivity index (χ2v) is 19.1. The van der Waals surface area contributed by atoms with Crippen molar-refractivity contribution in [3.05, 3.63) is 193 Å². The van der Waals surface area contributed by atoms with Crippen LogP contribution in [0.5, 0.6) is 0 Å². The molecule has 2 aliphatic heterocycles. The van der Waals surface area contributed by atoms with E-state index in [1.165, 1.54) is 94.4 Å². The summed E-state index contributed by atoms with van der Waals surface area (Å²) in [6.45, 7) is 16.1. The molecule has 61 heavy (non-hydrogen) atoms. The highest BCUT2D eigenvalue weighted by Gasteiger charge is 2.44. The highest BCUT2D eigenvalue weighted by molar-refractivity contribution is 7.00. The number of rotatable bonds is 4. The maximum atomic E-state index is 2.56. The molecule has 4 heteroatoms. The van der Waals surface area contributed by atoms with E-state index in [-0.39, 0.29) is 17.5 Å². The minimum atomic E-state index is -0.0308. The molecule has 0 fully saturated rings. The zero-order chi connectivity index (χ0) is 41.8. The van der Waals surface area contributed by atoms with Gasteiger partial charge in [-0.25, -0.2) is 0 Å². The lowest BCUT2D eigenvalue weighted by molar-refractivity contribution is 0.590. The topological polar surface area (TPSA) is 11.4 Å². The van der Waals surface area contributed by atoms with Crippen molar-refractivity contribution in [2.45, 2.75) is 59.3 Å². The van der Waals surface area contributed by atoms with E-state index >= 15 is 0 Å². The van der Waals surface area contributed by atoms with Crippen LogP contribution in [0.2, 0.25) is 0 Å². The fraction of sp³-hybridized carbons (Fsp3) is 0.158. The molecule has 3 nitrogen and oxygen atoms in total. The molecule has 1 aromatic heterocycles. The van der Waals surface area contributed by atoms with Gasteiger partial charge >= 0.3 is 0 Å². The van der Waals surface area contributed by atoms with Gasteiger partial charge in [-0.1, -0.05) is 157 Å². The van der Waals surface area contributed by atoms with Gasteiger partial charge in [0.25, 0.3) is 6.71 Å². The van der Waals surface area contributed by atoms with Gasteiger partial charge in [-0.3, -0.25) is 0 Å². The van der Waals surface area contributed by atoms with Crippen LogP contribution in [-0.2, 0) is 10.8 Å². The van der Waals surface area contributed by atoms with E-state index in [0.717, 1.165) is 11.4 Å². The zero-order valence-corrected chi connectivity index (χ0v) is 36.2. The molecule has 0 spiro atoms. The van der Waals surface area contributed by atoms with Crippen LogP contribution < -0.4 is 26.2 Å². The molecule has 0 bridgehead atoms. The summed E-state index contributed by atoms with van der Waals surface area (Å²) in [4.78, 5) is 5.12. The highest BCUT2D eigenvalue weighted by Crippen LogP contribution is 2.48. The molecule has 0 amide bonds. The minimum Gasteiger partial charge on any atom is -0.311 e. The van der Waals surface area contributed by atoms with Crippen LogP contribution in [0.25, 0.3) is 38.6 Å². The van der Waals surface area contributed by atoms with Gasteiger partial charge in [-0.2, -0.15) is 0 Å². The number of aromatic nitrogens is 1. The van der Waals surface area contributed by atoms with Crippen LogP contribution in [-0.4, -0.2) is 11.3 Å². The molecule has 0 unspecified atom stereocenters. The fourth-order valence-corrected chi connectivity index (χ4v) is 10.1. The Bertz CT molecular complexity index is 3130. The average molecular weight is 788 g/mol. The molecule has 8 aromatic carbocycles. The molecule has 3 heterocycles. The van der Waals surface area contributed by atoms with Crippen LogP contribution in [0, 0.1) is 6.92 Å². The van der Waals surface area contributed by atoms with Gasteiger partial charge in [0.15, 0.2) is 0 Å². The molecule has 2 aliphatic rings. The Kier molecular flexibility index (Phi) is 8.32. The molecule has 296 valence electrons. The van der Waals surface area contributed by atoms with Crippen LogP contribution in [0.4, 0.5) is 34.1 Å². The standard InChI is InChI=1S/C57H50BN3/c1-37-33-53-55-54(34-37)61(48-22-14-11-19-43(48)38-17-9-8-10-18-38)51-32-27-40(57(5,6)7)35-47(51)58(55)46-31-30-42(36-52(46)59(53)41-28-25-39(26-29-41)56(2,3)4)60-49-23-15-12-20-44(49)45-21-13-16-24-50(45)60/h8-36H,1-7H3. The molecular formula is C57H50BN3. The van der Waals surface area contributed by atoms with Crippen molar-refractivity contribution in [1.82, 2.24) is 4.57 Å². The molecule has 0 N–H and O–H groups in total. The third-order valence-electron chi connectivity index (χ3n) is 13.1. The second kappa shape index (κ2) is 13.6. The van der Waals surface area contributed by atoms with E-state index in [1.807, 2.05) is 0 Å². The van der Waals surface area contributed by atoms with Gasteiger partial charge < -0.3 is 14.4 Å². The summed E-state index contributed by atoms with van der Waals surface area (Å²) in [6, 6.07) is 66.1. The molecule has 0 saturated heterocycles.